The number of rotatable bonds is 5. The highest BCUT2D eigenvalue weighted by Crippen LogP contribution is 2.23. The Kier molecular flexibility index (Phi) is 6.47. The maximum absolute atomic E-state index is 12.9. The maximum Gasteiger partial charge on any atom is 0.256 e. The summed E-state index contributed by atoms with van der Waals surface area (Å²) in [6, 6.07) is 19.1. The first-order valence-electron chi connectivity index (χ1n) is 11.5. The standard InChI is InChI=1S/C27H34N4O/c1-20-24(18-21-10-12-23(13-11-21)27(2,3)4)25(32)29-26(28-20)31-16-14-30(15-17-31)19-22-8-6-5-7-9-22/h5-13H,14-19H2,1-4H3,(H,28,29,32). The molecular formula is C27H34N4O. The number of hydrogen-bond donors (Lipinski definition) is 1. The van der Waals surface area contributed by atoms with E-state index in [9.17, 15) is 4.79 Å². The zero-order valence-electron chi connectivity index (χ0n) is 19.7. The summed E-state index contributed by atoms with van der Waals surface area (Å²) >= 11 is 0. The Morgan fingerprint density at radius 1 is 0.906 bits per heavy atom. The van der Waals surface area contributed by atoms with Crippen molar-refractivity contribution in [2.24, 2.45) is 0 Å². The van der Waals surface area contributed by atoms with Crippen molar-refractivity contribution >= 4 is 5.95 Å². The largest absolute Gasteiger partial charge is 0.340 e. The molecule has 0 amide bonds. The van der Waals surface area contributed by atoms with Gasteiger partial charge in [0, 0.05) is 44.7 Å². The minimum Gasteiger partial charge on any atom is -0.340 e. The normalized spacial score (nSPS) is 15.2. The SMILES string of the molecule is Cc1nc(N2CCN(Cc3ccccc3)CC2)[nH]c(=O)c1Cc1ccc(C(C)(C)C)cc1. The van der Waals surface area contributed by atoms with E-state index < -0.39 is 0 Å². The van der Waals surface area contributed by atoms with Crippen LogP contribution in [-0.4, -0.2) is 41.0 Å². The topological polar surface area (TPSA) is 52.2 Å². The molecule has 0 unspecified atom stereocenters. The molecule has 4 rings (SSSR count). The van der Waals surface area contributed by atoms with Gasteiger partial charge in [0.2, 0.25) is 5.95 Å². The Hall–Kier alpha value is -2.92. The second-order valence-corrected chi connectivity index (χ2v) is 9.83. The summed E-state index contributed by atoms with van der Waals surface area (Å²) < 4.78 is 0. The number of aromatic nitrogens is 2. The molecule has 2 aromatic carbocycles. The van der Waals surface area contributed by atoms with Crippen molar-refractivity contribution in [2.45, 2.75) is 46.1 Å². The zero-order chi connectivity index (χ0) is 22.7. The number of piperazine rings is 1. The van der Waals surface area contributed by atoms with Gasteiger partial charge in [-0.15, -0.1) is 0 Å². The average molecular weight is 431 g/mol. The van der Waals surface area contributed by atoms with Crippen LogP contribution in [0.15, 0.2) is 59.4 Å². The van der Waals surface area contributed by atoms with E-state index in [2.05, 4.69) is 90.2 Å². The average Bonchev–Trinajstić information content (AvgIpc) is 2.77. The Bertz CT molecular complexity index is 1090. The predicted octanol–water partition coefficient (Wildman–Crippen LogP) is 4.29. The molecule has 5 nitrogen and oxygen atoms in total. The highest BCUT2D eigenvalue weighted by Gasteiger charge is 2.20. The summed E-state index contributed by atoms with van der Waals surface area (Å²) in [7, 11) is 0. The van der Waals surface area contributed by atoms with Crippen molar-refractivity contribution in [2.75, 3.05) is 31.1 Å². The van der Waals surface area contributed by atoms with Crippen LogP contribution in [0.3, 0.4) is 0 Å². The Balaban J connectivity index is 1.41. The molecule has 2 heterocycles. The molecule has 0 bridgehead atoms. The van der Waals surface area contributed by atoms with E-state index in [1.165, 1.54) is 11.1 Å². The van der Waals surface area contributed by atoms with E-state index in [1.807, 2.05) is 6.92 Å². The van der Waals surface area contributed by atoms with Crippen molar-refractivity contribution in [1.29, 1.82) is 0 Å². The van der Waals surface area contributed by atoms with Gasteiger partial charge in [0.05, 0.1) is 5.69 Å². The summed E-state index contributed by atoms with van der Waals surface area (Å²) in [5.41, 5.74) is 5.43. The molecule has 0 saturated carbocycles. The second kappa shape index (κ2) is 9.29. The molecule has 0 spiro atoms. The smallest absolute Gasteiger partial charge is 0.256 e. The summed E-state index contributed by atoms with van der Waals surface area (Å²) in [5.74, 6) is 0.693. The highest BCUT2D eigenvalue weighted by molar-refractivity contribution is 5.37. The number of hydrogen-bond acceptors (Lipinski definition) is 4. The molecule has 5 heteroatoms. The number of nitrogens with one attached hydrogen (secondary N) is 1. The summed E-state index contributed by atoms with van der Waals surface area (Å²) in [4.78, 5) is 25.4. The molecule has 0 radical (unpaired) electrons. The molecule has 1 aliphatic heterocycles. The highest BCUT2D eigenvalue weighted by atomic mass is 16.1. The molecule has 168 valence electrons. The van der Waals surface area contributed by atoms with Crippen LogP contribution in [0.4, 0.5) is 5.95 Å². The van der Waals surface area contributed by atoms with Gasteiger partial charge in [-0.05, 0) is 29.0 Å². The fourth-order valence-corrected chi connectivity index (χ4v) is 4.24. The van der Waals surface area contributed by atoms with Gasteiger partial charge in [0.1, 0.15) is 0 Å². The van der Waals surface area contributed by atoms with Crippen LogP contribution >= 0.6 is 0 Å². The minimum absolute atomic E-state index is 0.0286. The lowest BCUT2D eigenvalue weighted by Crippen LogP contribution is -2.47. The van der Waals surface area contributed by atoms with Crippen LogP contribution in [0.5, 0.6) is 0 Å². The van der Waals surface area contributed by atoms with E-state index in [0.29, 0.717) is 12.4 Å². The first-order chi connectivity index (χ1) is 15.3. The number of benzene rings is 2. The van der Waals surface area contributed by atoms with Gasteiger partial charge in [0.15, 0.2) is 0 Å². The number of anilines is 1. The van der Waals surface area contributed by atoms with E-state index in [0.717, 1.165) is 49.5 Å². The Labute approximate surface area is 191 Å². The third kappa shape index (κ3) is 5.28. The second-order valence-electron chi connectivity index (χ2n) is 9.83. The lowest BCUT2D eigenvalue weighted by molar-refractivity contribution is 0.248. The number of H-pyrrole nitrogens is 1. The lowest BCUT2D eigenvalue weighted by Gasteiger charge is -2.35. The van der Waals surface area contributed by atoms with Gasteiger partial charge in [-0.3, -0.25) is 14.7 Å². The summed E-state index contributed by atoms with van der Waals surface area (Å²) in [5, 5.41) is 0. The van der Waals surface area contributed by atoms with E-state index in [-0.39, 0.29) is 11.0 Å². The lowest BCUT2D eigenvalue weighted by atomic mass is 9.86. The number of aryl methyl sites for hydroxylation is 1. The van der Waals surface area contributed by atoms with Crippen LogP contribution in [0, 0.1) is 6.92 Å². The summed E-state index contributed by atoms with van der Waals surface area (Å²) in [6.45, 7) is 13.2. The van der Waals surface area contributed by atoms with Crippen LogP contribution in [-0.2, 0) is 18.4 Å². The number of nitrogens with zero attached hydrogens (tertiary/aromatic N) is 3. The molecule has 1 N–H and O–H groups in total. The quantitative estimate of drug-likeness (QED) is 0.656. The van der Waals surface area contributed by atoms with E-state index >= 15 is 0 Å². The van der Waals surface area contributed by atoms with Gasteiger partial charge in [-0.25, -0.2) is 4.98 Å². The van der Waals surface area contributed by atoms with Crippen molar-refractivity contribution in [3.8, 4) is 0 Å². The third-order valence-corrected chi connectivity index (χ3v) is 6.33. The van der Waals surface area contributed by atoms with E-state index in [4.69, 9.17) is 4.98 Å². The molecule has 0 aliphatic carbocycles. The summed E-state index contributed by atoms with van der Waals surface area (Å²) in [6.07, 6.45) is 0.601. The van der Waals surface area contributed by atoms with Crippen LogP contribution in [0.25, 0.3) is 0 Å². The van der Waals surface area contributed by atoms with Crippen molar-refractivity contribution in [1.82, 2.24) is 14.9 Å². The zero-order valence-corrected chi connectivity index (χ0v) is 19.7. The molecule has 3 aromatic rings. The first kappa shape index (κ1) is 22.3. The van der Waals surface area contributed by atoms with Crippen molar-refractivity contribution < 1.29 is 0 Å². The molecular weight excluding hydrogens is 396 g/mol. The van der Waals surface area contributed by atoms with Gasteiger partial charge < -0.3 is 4.90 Å². The Morgan fingerprint density at radius 3 is 2.16 bits per heavy atom. The minimum atomic E-state index is -0.0286. The molecule has 1 aliphatic rings. The van der Waals surface area contributed by atoms with Gasteiger partial charge >= 0.3 is 0 Å². The van der Waals surface area contributed by atoms with Crippen LogP contribution < -0.4 is 10.5 Å². The molecule has 32 heavy (non-hydrogen) atoms. The molecule has 1 saturated heterocycles. The monoisotopic (exact) mass is 430 g/mol. The molecule has 1 aromatic heterocycles. The third-order valence-electron chi connectivity index (χ3n) is 6.33. The first-order valence-corrected chi connectivity index (χ1v) is 11.5. The van der Waals surface area contributed by atoms with Gasteiger partial charge in [-0.1, -0.05) is 75.4 Å². The molecule has 1 fully saturated rings. The van der Waals surface area contributed by atoms with Crippen molar-refractivity contribution in [3.05, 3.63) is 92.9 Å². The number of aromatic amines is 1. The molecule has 0 atom stereocenters. The predicted molar refractivity (Wildman–Crippen MR) is 131 cm³/mol. The Morgan fingerprint density at radius 2 is 1.56 bits per heavy atom. The van der Waals surface area contributed by atoms with Crippen molar-refractivity contribution in [3.63, 3.8) is 0 Å². The van der Waals surface area contributed by atoms with Gasteiger partial charge in [0.25, 0.3) is 5.56 Å². The fraction of sp³-hybridized carbons (Fsp3) is 0.407. The van der Waals surface area contributed by atoms with Gasteiger partial charge in [-0.2, -0.15) is 0 Å². The van der Waals surface area contributed by atoms with Crippen LogP contribution in [0.2, 0.25) is 0 Å². The van der Waals surface area contributed by atoms with E-state index in [1.54, 1.807) is 0 Å². The fourth-order valence-electron chi connectivity index (χ4n) is 4.24. The maximum atomic E-state index is 12.9. The van der Waals surface area contributed by atoms with Crippen LogP contribution in [0.1, 0.15) is 48.7 Å².